The smallest absolute Gasteiger partial charge is 0.224 e. The summed E-state index contributed by atoms with van der Waals surface area (Å²) in [5.74, 6) is 0.649. The van der Waals surface area contributed by atoms with E-state index in [9.17, 15) is 4.79 Å². The molecule has 1 aliphatic heterocycles. The summed E-state index contributed by atoms with van der Waals surface area (Å²) in [5, 5.41) is 14.6. The first-order valence-electron chi connectivity index (χ1n) is 10.1. The molecule has 3 N–H and O–H groups in total. The minimum Gasteiger partial charge on any atom is -0.385 e. The van der Waals surface area contributed by atoms with E-state index in [2.05, 4.69) is 15.5 Å². The fourth-order valence-corrected chi connectivity index (χ4v) is 3.69. The quantitative estimate of drug-likeness (QED) is 0.335. The van der Waals surface area contributed by atoms with E-state index in [1.807, 2.05) is 24.3 Å². The second kappa shape index (κ2) is 9.85. The lowest BCUT2D eigenvalue weighted by molar-refractivity contribution is -0.126. The van der Waals surface area contributed by atoms with E-state index in [1.54, 1.807) is 7.11 Å². The zero-order valence-electron chi connectivity index (χ0n) is 16.3. The van der Waals surface area contributed by atoms with Gasteiger partial charge in [-0.1, -0.05) is 18.2 Å². The highest BCUT2D eigenvalue weighted by Gasteiger charge is 2.28. The number of anilines is 1. The molecule has 0 bridgehead atoms. The molecule has 3 rings (SSSR count). The highest BCUT2D eigenvalue weighted by molar-refractivity contribution is 6.05. The fraction of sp³-hybridized carbons (Fsp3) is 0.619. The molecule has 2 aliphatic rings. The van der Waals surface area contributed by atoms with Crippen molar-refractivity contribution in [2.75, 3.05) is 45.3 Å². The lowest BCUT2D eigenvalue weighted by atomic mass is 9.96. The van der Waals surface area contributed by atoms with Crippen LogP contribution in [-0.2, 0) is 9.53 Å². The lowest BCUT2D eigenvalue weighted by Crippen LogP contribution is -2.42. The minimum absolute atomic E-state index is 0.102. The molecular formula is C21H32N4O2. The summed E-state index contributed by atoms with van der Waals surface area (Å²) < 4.78 is 5.10. The number of amides is 1. The average molecular weight is 373 g/mol. The molecule has 1 heterocycles. The Kier molecular flexibility index (Phi) is 7.24. The van der Waals surface area contributed by atoms with Crippen LogP contribution in [0.4, 0.5) is 5.69 Å². The molecule has 0 aromatic heterocycles. The number of carbonyl (C=O) groups is 1. The topological polar surface area (TPSA) is 77.5 Å². The number of nitrogens with one attached hydrogen (secondary N) is 3. The third kappa shape index (κ3) is 5.78. The number of nitrogens with zero attached hydrogens (tertiary/aromatic N) is 1. The molecule has 0 unspecified atom stereocenters. The van der Waals surface area contributed by atoms with Crippen molar-refractivity contribution < 1.29 is 9.53 Å². The van der Waals surface area contributed by atoms with Gasteiger partial charge in [0.2, 0.25) is 5.91 Å². The lowest BCUT2D eigenvalue weighted by Gasteiger charge is -2.31. The van der Waals surface area contributed by atoms with Crippen LogP contribution in [0, 0.1) is 17.2 Å². The van der Waals surface area contributed by atoms with Crippen LogP contribution in [0.5, 0.6) is 0 Å². The third-order valence-corrected chi connectivity index (χ3v) is 5.53. The van der Waals surface area contributed by atoms with Crippen LogP contribution < -0.4 is 10.6 Å². The second-order valence-electron chi connectivity index (χ2n) is 7.59. The monoisotopic (exact) mass is 372 g/mol. The Bertz CT molecular complexity index is 637. The van der Waals surface area contributed by atoms with Crippen LogP contribution in [0.3, 0.4) is 0 Å². The van der Waals surface area contributed by atoms with E-state index in [0.29, 0.717) is 18.3 Å². The average Bonchev–Trinajstić information content (AvgIpc) is 3.54. The van der Waals surface area contributed by atoms with Crippen molar-refractivity contribution in [3.05, 3.63) is 29.8 Å². The molecule has 0 spiro atoms. The van der Waals surface area contributed by atoms with Crippen molar-refractivity contribution in [3.8, 4) is 0 Å². The highest BCUT2D eigenvalue weighted by Crippen LogP contribution is 2.34. The Labute approximate surface area is 162 Å². The van der Waals surface area contributed by atoms with Crippen LogP contribution in [0.2, 0.25) is 0 Å². The van der Waals surface area contributed by atoms with E-state index in [-0.39, 0.29) is 11.8 Å². The molecule has 2 fully saturated rings. The van der Waals surface area contributed by atoms with Crippen LogP contribution in [0.1, 0.15) is 37.7 Å². The number of ether oxygens (including phenoxy) is 1. The Morgan fingerprint density at radius 2 is 1.93 bits per heavy atom. The molecular weight excluding hydrogens is 340 g/mol. The Morgan fingerprint density at radius 1 is 1.19 bits per heavy atom. The summed E-state index contributed by atoms with van der Waals surface area (Å²) in [6, 6.07) is 7.91. The molecule has 1 amide bonds. The first-order chi connectivity index (χ1) is 13.2. The normalized spacial score (nSPS) is 18.3. The highest BCUT2D eigenvalue weighted by atomic mass is 16.5. The molecule has 0 atom stereocenters. The molecule has 148 valence electrons. The second-order valence-corrected chi connectivity index (χ2v) is 7.59. The summed E-state index contributed by atoms with van der Waals surface area (Å²) in [6.45, 7) is 4.22. The zero-order valence-corrected chi connectivity index (χ0v) is 16.3. The van der Waals surface area contributed by atoms with Crippen molar-refractivity contribution in [1.82, 2.24) is 10.2 Å². The fourth-order valence-electron chi connectivity index (χ4n) is 3.69. The molecule has 0 radical (unpaired) electrons. The van der Waals surface area contributed by atoms with Crippen molar-refractivity contribution in [2.24, 2.45) is 11.8 Å². The zero-order chi connectivity index (χ0) is 19.1. The molecule has 1 aromatic carbocycles. The number of para-hydroxylation sites is 1. The van der Waals surface area contributed by atoms with E-state index < -0.39 is 0 Å². The van der Waals surface area contributed by atoms with Crippen molar-refractivity contribution in [1.29, 1.82) is 5.41 Å². The van der Waals surface area contributed by atoms with Gasteiger partial charge in [-0.15, -0.1) is 0 Å². The Hall–Kier alpha value is -1.92. The van der Waals surface area contributed by atoms with Gasteiger partial charge in [-0.3, -0.25) is 4.79 Å². The van der Waals surface area contributed by atoms with Gasteiger partial charge in [-0.2, -0.15) is 0 Å². The van der Waals surface area contributed by atoms with Gasteiger partial charge in [0.25, 0.3) is 0 Å². The molecule has 6 nitrogen and oxygen atoms in total. The number of methoxy groups -OCH3 is 1. The van der Waals surface area contributed by atoms with E-state index in [1.165, 1.54) is 0 Å². The predicted octanol–water partition coefficient (Wildman–Crippen LogP) is 2.70. The van der Waals surface area contributed by atoms with E-state index >= 15 is 0 Å². The Balaban J connectivity index is 1.40. The molecule has 6 heteroatoms. The number of hydrogen-bond donors (Lipinski definition) is 3. The summed E-state index contributed by atoms with van der Waals surface area (Å²) in [6.07, 6.45) is 5.12. The first-order valence-corrected chi connectivity index (χ1v) is 10.1. The standard InChI is InChI=1S/C21H32N4O2/c1-27-14-4-11-25-12-9-17(10-13-25)21(26)24-15-23-19-6-3-2-5-18(19)20(22)16-7-8-16/h2-3,5-6,16-17,22-23H,4,7-15H2,1H3,(H,24,26). The molecule has 1 saturated carbocycles. The number of hydrogen-bond acceptors (Lipinski definition) is 5. The minimum atomic E-state index is 0.102. The van der Waals surface area contributed by atoms with Crippen LogP contribution in [0.25, 0.3) is 0 Å². The summed E-state index contributed by atoms with van der Waals surface area (Å²) in [7, 11) is 1.73. The van der Waals surface area contributed by atoms with Crippen molar-refractivity contribution >= 4 is 17.3 Å². The predicted molar refractivity (Wildman–Crippen MR) is 108 cm³/mol. The molecule has 1 saturated heterocycles. The van der Waals surface area contributed by atoms with E-state index in [0.717, 1.165) is 69.6 Å². The van der Waals surface area contributed by atoms with Gasteiger partial charge in [0.1, 0.15) is 0 Å². The van der Waals surface area contributed by atoms with Gasteiger partial charge in [-0.25, -0.2) is 0 Å². The van der Waals surface area contributed by atoms with Gasteiger partial charge >= 0.3 is 0 Å². The number of rotatable bonds is 10. The van der Waals surface area contributed by atoms with Gasteiger partial charge in [0.05, 0.1) is 6.67 Å². The van der Waals surface area contributed by atoms with Gasteiger partial charge < -0.3 is 25.7 Å². The molecule has 1 aliphatic carbocycles. The largest absolute Gasteiger partial charge is 0.385 e. The number of benzene rings is 1. The van der Waals surface area contributed by atoms with Gasteiger partial charge in [-0.05, 0) is 51.3 Å². The van der Waals surface area contributed by atoms with Crippen LogP contribution in [0.15, 0.2) is 24.3 Å². The third-order valence-electron chi connectivity index (χ3n) is 5.53. The van der Waals surface area contributed by atoms with Crippen LogP contribution in [-0.4, -0.2) is 56.5 Å². The van der Waals surface area contributed by atoms with Gasteiger partial charge in [0.15, 0.2) is 0 Å². The molecule has 27 heavy (non-hydrogen) atoms. The van der Waals surface area contributed by atoms with Crippen LogP contribution >= 0.6 is 0 Å². The number of likely N-dealkylation sites (tertiary alicyclic amines) is 1. The van der Waals surface area contributed by atoms with Crippen molar-refractivity contribution in [2.45, 2.75) is 32.1 Å². The van der Waals surface area contributed by atoms with E-state index in [4.69, 9.17) is 10.1 Å². The summed E-state index contributed by atoms with van der Waals surface area (Å²) in [5.41, 5.74) is 2.60. The maximum Gasteiger partial charge on any atom is 0.224 e. The molecule has 1 aromatic rings. The summed E-state index contributed by atoms with van der Waals surface area (Å²) in [4.78, 5) is 14.9. The van der Waals surface area contributed by atoms with Gasteiger partial charge in [0, 0.05) is 49.1 Å². The SMILES string of the molecule is COCCCN1CCC(C(=O)NCNc2ccccc2C(=N)C2CC2)CC1. The first kappa shape index (κ1) is 19.8. The number of carbonyl (C=O) groups excluding carboxylic acids is 1. The Morgan fingerprint density at radius 3 is 2.63 bits per heavy atom. The summed E-state index contributed by atoms with van der Waals surface area (Å²) >= 11 is 0. The number of piperidine rings is 1. The maximum absolute atomic E-state index is 12.5. The maximum atomic E-state index is 12.5. The van der Waals surface area contributed by atoms with Crippen molar-refractivity contribution in [3.63, 3.8) is 0 Å².